The Morgan fingerprint density at radius 3 is 2.50 bits per heavy atom. The third-order valence-electron chi connectivity index (χ3n) is 4.51. The van der Waals surface area contributed by atoms with Crippen LogP contribution in [0, 0.1) is 0 Å². The molecule has 1 aliphatic carbocycles. The molecule has 5 nitrogen and oxygen atoms in total. The molecule has 0 saturated heterocycles. The molecule has 1 amide bonds. The van der Waals surface area contributed by atoms with Gasteiger partial charge in [-0.15, -0.1) is 24.0 Å². The summed E-state index contributed by atoms with van der Waals surface area (Å²) < 4.78 is 0. The number of hydrogen-bond acceptors (Lipinski definition) is 2. The van der Waals surface area contributed by atoms with E-state index in [1.165, 1.54) is 19.3 Å². The van der Waals surface area contributed by atoms with Crippen molar-refractivity contribution in [2.75, 3.05) is 20.6 Å². The van der Waals surface area contributed by atoms with Crippen molar-refractivity contribution in [2.45, 2.75) is 51.1 Å². The van der Waals surface area contributed by atoms with E-state index in [0.717, 1.165) is 35.9 Å². The van der Waals surface area contributed by atoms with Crippen LogP contribution in [0.3, 0.4) is 0 Å². The van der Waals surface area contributed by atoms with Crippen LogP contribution in [0.25, 0.3) is 0 Å². The molecule has 0 radical (unpaired) electrons. The van der Waals surface area contributed by atoms with Crippen molar-refractivity contribution in [2.24, 2.45) is 4.99 Å². The van der Waals surface area contributed by atoms with Gasteiger partial charge in [0.2, 0.25) is 5.91 Å². The fraction of sp³-hybridized carbons (Fsp3) is 0.579. The summed E-state index contributed by atoms with van der Waals surface area (Å²) in [4.78, 5) is 18.4. The van der Waals surface area contributed by atoms with Crippen LogP contribution in [0.1, 0.15) is 44.1 Å². The molecule has 26 heavy (non-hydrogen) atoms. The molecule has 0 atom stereocenters. The highest BCUT2D eigenvalue weighted by atomic mass is 127. The molecule has 2 N–H and O–H groups in total. The molecular formula is C19H30ClIN4O. The summed E-state index contributed by atoms with van der Waals surface area (Å²) in [6.07, 6.45) is 6.44. The highest BCUT2D eigenvalue weighted by Gasteiger charge is 2.15. The normalized spacial score (nSPS) is 15.1. The number of halogens is 2. The summed E-state index contributed by atoms with van der Waals surface area (Å²) >= 11 is 5.92. The first kappa shape index (κ1) is 23.0. The summed E-state index contributed by atoms with van der Waals surface area (Å²) in [6, 6.07) is 8.15. The Morgan fingerprint density at radius 2 is 1.88 bits per heavy atom. The van der Waals surface area contributed by atoms with E-state index in [1.807, 2.05) is 36.2 Å². The predicted molar refractivity (Wildman–Crippen MR) is 119 cm³/mol. The van der Waals surface area contributed by atoms with E-state index < -0.39 is 0 Å². The predicted octanol–water partition coefficient (Wildman–Crippen LogP) is 3.80. The number of rotatable bonds is 6. The molecule has 1 aliphatic rings. The molecule has 1 aromatic carbocycles. The van der Waals surface area contributed by atoms with Crippen molar-refractivity contribution in [1.29, 1.82) is 0 Å². The summed E-state index contributed by atoms with van der Waals surface area (Å²) in [7, 11) is 3.73. The van der Waals surface area contributed by atoms with Gasteiger partial charge in [0.25, 0.3) is 0 Å². The number of nitrogens with one attached hydrogen (secondary N) is 2. The van der Waals surface area contributed by atoms with E-state index in [1.54, 1.807) is 7.05 Å². The minimum Gasteiger partial charge on any atom is -0.356 e. The van der Waals surface area contributed by atoms with Gasteiger partial charge in [-0.2, -0.15) is 0 Å². The minimum atomic E-state index is 0. The van der Waals surface area contributed by atoms with E-state index >= 15 is 0 Å². The largest absolute Gasteiger partial charge is 0.356 e. The molecule has 0 aromatic heterocycles. The monoisotopic (exact) mass is 492 g/mol. The van der Waals surface area contributed by atoms with Gasteiger partial charge < -0.3 is 15.5 Å². The van der Waals surface area contributed by atoms with Crippen molar-refractivity contribution >= 4 is 47.4 Å². The highest BCUT2D eigenvalue weighted by molar-refractivity contribution is 14.0. The zero-order chi connectivity index (χ0) is 18.1. The van der Waals surface area contributed by atoms with Gasteiger partial charge in [0.05, 0.1) is 0 Å². The minimum absolute atomic E-state index is 0. The Balaban J connectivity index is 0.00000338. The Morgan fingerprint density at radius 1 is 1.23 bits per heavy atom. The van der Waals surface area contributed by atoms with Crippen molar-refractivity contribution in [3.05, 3.63) is 34.9 Å². The quantitative estimate of drug-likeness (QED) is 0.361. The van der Waals surface area contributed by atoms with E-state index in [2.05, 4.69) is 15.6 Å². The zero-order valence-corrected chi connectivity index (χ0v) is 18.7. The van der Waals surface area contributed by atoms with Crippen LogP contribution in [0.5, 0.6) is 0 Å². The van der Waals surface area contributed by atoms with E-state index in [-0.39, 0.29) is 29.9 Å². The summed E-state index contributed by atoms with van der Waals surface area (Å²) in [6.45, 7) is 1.31. The van der Waals surface area contributed by atoms with Crippen molar-refractivity contribution in [3.63, 3.8) is 0 Å². The molecule has 0 aliphatic heterocycles. The van der Waals surface area contributed by atoms with Gasteiger partial charge in [-0.05, 0) is 30.5 Å². The molecule has 7 heteroatoms. The number of nitrogens with zero attached hydrogens (tertiary/aromatic N) is 2. The van der Waals surface area contributed by atoms with Crippen molar-refractivity contribution in [1.82, 2.24) is 15.5 Å². The number of guanidine groups is 1. The third-order valence-corrected chi connectivity index (χ3v) is 4.76. The van der Waals surface area contributed by atoms with Gasteiger partial charge in [-0.3, -0.25) is 9.79 Å². The lowest BCUT2D eigenvalue weighted by Crippen LogP contribution is -2.41. The maximum atomic E-state index is 12.1. The first-order valence-electron chi connectivity index (χ1n) is 9.04. The Hall–Kier alpha value is -1.02. The Kier molecular flexibility index (Phi) is 11.0. The number of carbonyl (C=O) groups excluding carboxylic acids is 1. The average Bonchev–Trinajstić information content (AvgIpc) is 2.61. The van der Waals surface area contributed by atoms with Crippen LogP contribution in [0.4, 0.5) is 0 Å². The number of amides is 1. The molecule has 146 valence electrons. The second-order valence-corrected chi connectivity index (χ2v) is 7.05. The lowest BCUT2D eigenvalue weighted by Gasteiger charge is -2.24. The van der Waals surface area contributed by atoms with Crippen LogP contribution in [0.15, 0.2) is 29.3 Å². The van der Waals surface area contributed by atoms with Crippen LogP contribution < -0.4 is 10.6 Å². The van der Waals surface area contributed by atoms with Gasteiger partial charge in [0.1, 0.15) is 0 Å². The standard InChI is InChI=1S/C19H29ClN4O.HI/c1-21-19(24(2)14-15-8-10-16(20)11-9-15)22-13-12-18(25)23-17-6-4-3-5-7-17;/h8-11,17H,3-7,12-14H2,1-2H3,(H,21,22)(H,23,25);1H. The molecule has 0 spiro atoms. The smallest absolute Gasteiger partial charge is 0.221 e. The summed E-state index contributed by atoms with van der Waals surface area (Å²) in [5.74, 6) is 0.899. The van der Waals surface area contributed by atoms with Crippen LogP contribution in [-0.4, -0.2) is 43.4 Å². The topological polar surface area (TPSA) is 56.7 Å². The van der Waals surface area contributed by atoms with E-state index in [0.29, 0.717) is 19.0 Å². The Labute approximate surface area is 179 Å². The molecule has 1 aromatic rings. The van der Waals surface area contributed by atoms with E-state index in [9.17, 15) is 4.79 Å². The zero-order valence-electron chi connectivity index (χ0n) is 15.6. The Bertz CT molecular complexity index is 573. The second kappa shape index (κ2) is 12.4. The van der Waals surface area contributed by atoms with Gasteiger partial charge >= 0.3 is 0 Å². The van der Waals surface area contributed by atoms with Crippen LogP contribution in [-0.2, 0) is 11.3 Å². The molecule has 0 unspecified atom stereocenters. The number of benzene rings is 1. The first-order chi connectivity index (χ1) is 12.1. The maximum Gasteiger partial charge on any atom is 0.221 e. The first-order valence-corrected chi connectivity index (χ1v) is 9.42. The summed E-state index contributed by atoms with van der Waals surface area (Å²) in [5.41, 5.74) is 1.16. The number of carbonyl (C=O) groups is 1. The SMILES string of the molecule is CN=C(NCCC(=O)NC1CCCCC1)N(C)Cc1ccc(Cl)cc1.I. The fourth-order valence-electron chi connectivity index (χ4n) is 3.16. The molecular weight excluding hydrogens is 463 g/mol. The van der Waals surface area contributed by atoms with E-state index in [4.69, 9.17) is 11.6 Å². The fourth-order valence-corrected chi connectivity index (χ4v) is 3.28. The molecule has 1 saturated carbocycles. The van der Waals surface area contributed by atoms with Crippen LogP contribution >= 0.6 is 35.6 Å². The van der Waals surface area contributed by atoms with Crippen LogP contribution in [0.2, 0.25) is 5.02 Å². The maximum absolute atomic E-state index is 12.1. The van der Waals surface area contributed by atoms with Gasteiger partial charge in [0, 0.05) is 44.7 Å². The van der Waals surface area contributed by atoms with Gasteiger partial charge in [0.15, 0.2) is 5.96 Å². The lowest BCUT2D eigenvalue weighted by atomic mass is 9.95. The molecule has 1 fully saturated rings. The van der Waals surface area contributed by atoms with Gasteiger partial charge in [-0.1, -0.05) is 43.0 Å². The van der Waals surface area contributed by atoms with Crippen molar-refractivity contribution in [3.8, 4) is 0 Å². The second-order valence-electron chi connectivity index (χ2n) is 6.61. The van der Waals surface area contributed by atoms with Crippen molar-refractivity contribution < 1.29 is 4.79 Å². The number of hydrogen-bond donors (Lipinski definition) is 2. The lowest BCUT2D eigenvalue weighted by molar-refractivity contribution is -0.121. The molecule has 0 bridgehead atoms. The average molecular weight is 493 g/mol. The van der Waals surface area contributed by atoms with Gasteiger partial charge in [-0.25, -0.2) is 0 Å². The number of aliphatic imine (C=N–C) groups is 1. The molecule has 2 rings (SSSR count). The molecule has 0 heterocycles. The third kappa shape index (κ3) is 8.12. The summed E-state index contributed by atoms with van der Waals surface area (Å²) in [5, 5.41) is 7.13. The highest BCUT2D eigenvalue weighted by Crippen LogP contribution is 2.17.